The van der Waals surface area contributed by atoms with Crippen molar-refractivity contribution < 1.29 is 8.42 Å². The number of benzene rings is 1. The van der Waals surface area contributed by atoms with Crippen LogP contribution in [-0.4, -0.2) is 42.1 Å². The van der Waals surface area contributed by atoms with Crippen LogP contribution in [0.25, 0.3) is 0 Å². The molecule has 0 bridgehead atoms. The summed E-state index contributed by atoms with van der Waals surface area (Å²) in [5.41, 5.74) is 8.42. The highest BCUT2D eigenvalue weighted by molar-refractivity contribution is 7.89. The van der Waals surface area contributed by atoms with Gasteiger partial charge < -0.3 is 5.73 Å². The minimum atomic E-state index is -3.60. The zero-order valence-corrected chi connectivity index (χ0v) is 17.4. The Morgan fingerprint density at radius 1 is 1.19 bits per heavy atom. The van der Waals surface area contributed by atoms with Crippen molar-refractivity contribution in [3.05, 3.63) is 47.3 Å². The molecule has 0 radical (unpaired) electrons. The number of hydrogen-bond donors (Lipinski definition) is 1. The summed E-state index contributed by atoms with van der Waals surface area (Å²) in [7, 11) is -3.60. The van der Waals surface area contributed by atoms with Gasteiger partial charge in [-0.25, -0.2) is 8.42 Å². The molecule has 2 aromatic rings. The largest absolute Gasteiger partial charge is 0.330 e. The van der Waals surface area contributed by atoms with Crippen molar-refractivity contribution >= 4 is 10.0 Å². The number of sulfonamides is 1. The zero-order valence-electron chi connectivity index (χ0n) is 16.6. The minimum Gasteiger partial charge on any atom is -0.330 e. The van der Waals surface area contributed by atoms with Gasteiger partial charge in [0.05, 0.1) is 11.4 Å². The van der Waals surface area contributed by atoms with Crippen molar-refractivity contribution in [1.82, 2.24) is 14.1 Å². The molecule has 7 heteroatoms. The van der Waals surface area contributed by atoms with Gasteiger partial charge >= 0.3 is 0 Å². The predicted octanol–water partition coefficient (Wildman–Crippen LogP) is 2.52. The Balaban J connectivity index is 1.93. The average Bonchev–Trinajstić information content (AvgIpc) is 3.17. The molecular weight excluding hydrogens is 360 g/mol. The fraction of sp³-hybridized carbons (Fsp3) is 0.550. The maximum atomic E-state index is 13.4. The van der Waals surface area contributed by atoms with E-state index in [2.05, 4.69) is 31.1 Å². The first-order valence-electron chi connectivity index (χ1n) is 9.54. The second-order valence-electron chi connectivity index (χ2n) is 7.91. The molecule has 2 heterocycles. The van der Waals surface area contributed by atoms with E-state index in [1.165, 1.54) is 0 Å². The Bertz CT molecular complexity index is 890. The Morgan fingerprint density at radius 2 is 1.85 bits per heavy atom. The van der Waals surface area contributed by atoms with E-state index in [-0.39, 0.29) is 11.8 Å². The number of hydrogen-bond acceptors (Lipinski definition) is 4. The highest BCUT2D eigenvalue weighted by Crippen LogP contribution is 2.36. The van der Waals surface area contributed by atoms with Crippen LogP contribution in [0.1, 0.15) is 36.7 Å². The Morgan fingerprint density at radius 3 is 2.44 bits per heavy atom. The van der Waals surface area contributed by atoms with E-state index in [4.69, 9.17) is 5.73 Å². The molecule has 0 spiro atoms. The summed E-state index contributed by atoms with van der Waals surface area (Å²) in [6.45, 7) is 9.91. The van der Waals surface area contributed by atoms with Gasteiger partial charge in [-0.2, -0.15) is 9.40 Å². The monoisotopic (exact) mass is 390 g/mol. The summed E-state index contributed by atoms with van der Waals surface area (Å²) in [4.78, 5) is 0.354. The highest BCUT2D eigenvalue weighted by Gasteiger charge is 2.41. The van der Waals surface area contributed by atoms with Crippen LogP contribution in [0.2, 0.25) is 0 Å². The summed E-state index contributed by atoms with van der Waals surface area (Å²) >= 11 is 0. The molecule has 1 aliphatic rings. The van der Waals surface area contributed by atoms with Crippen molar-refractivity contribution in [2.24, 2.45) is 17.6 Å². The number of aromatic nitrogens is 2. The molecule has 0 saturated carbocycles. The van der Waals surface area contributed by atoms with Crippen LogP contribution < -0.4 is 5.73 Å². The summed E-state index contributed by atoms with van der Waals surface area (Å²) in [5, 5.41) is 4.49. The molecule has 2 N–H and O–H groups in total. The lowest BCUT2D eigenvalue weighted by Crippen LogP contribution is -2.30. The minimum absolute atomic E-state index is 0.119. The first kappa shape index (κ1) is 20.0. The van der Waals surface area contributed by atoms with Crippen LogP contribution in [-0.2, 0) is 16.6 Å². The smallest absolute Gasteiger partial charge is 0.246 e. The van der Waals surface area contributed by atoms with E-state index in [9.17, 15) is 8.42 Å². The van der Waals surface area contributed by atoms with E-state index in [1.54, 1.807) is 11.2 Å². The summed E-state index contributed by atoms with van der Waals surface area (Å²) in [6.07, 6.45) is 0. The lowest BCUT2D eigenvalue weighted by Gasteiger charge is -2.17. The van der Waals surface area contributed by atoms with Gasteiger partial charge in [0, 0.05) is 25.6 Å². The number of nitrogens with two attached hydrogens (primary N) is 1. The second-order valence-corrected chi connectivity index (χ2v) is 9.79. The lowest BCUT2D eigenvalue weighted by molar-refractivity contribution is 0.455. The Hall–Kier alpha value is -1.70. The number of nitrogens with zero attached hydrogens (tertiary/aromatic N) is 3. The third kappa shape index (κ3) is 3.81. The fourth-order valence-corrected chi connectivity index (χ4v) is 5.95. The van der Waals surface area contributed by atoms with Crippen molar-refractivity contribution in [3.8, 4) is 0 Å². The maximum absolute atomic E-state index is 13.4. The molecule has 1 saturated heterocycles. The normalized spacial score (nSPS) is 21.3. The van der Waals surface area contributed by atoms with E-state index < -0.39 is 10.0 Å². The number of aryl methyl sites for hydroxylation is 1. The molecular formula is C20H30N4O2S. The van der Waals surface area contributed by atoms with E-state index in [0.717, 1.165) is 5.56 Å². The highest BCUT2D eigenvalue weighted by atomic mass is 32.2. The molecule has 0 unspecified atom stereocenters. The molecule has 1 aliphatic heterocycles. The van der Waals surface area contributed by atoms with Gasteiger partial charge in [0.1, 0.15) is 4.90 Å². The van der Waals surface area contributed by atoms with Gasteiger partial charge in [-0.05, 0) is 37.8 Å². The molecule has 6 nitrogen and oxygen atoms in total. The van der Waals surface area contributed by atoms with Crippen LogP contribution in [0.3, 0.4) is 0 Å². The molecule has 27 heavy (non-hydrogen) atoms. The molecule has 148 valence electrons. The van der Waals surface area contributed by atoms with Crippen LogP contribution >= 0.6 is 0 Å². The van der Waals surface area contributed by atoms with Crippen LogP contribution in [0, 0.1) is 25.7 Å². The summed E-state index contributed by atoms with van der Waals surface area (Å²) in [5.74, 6) is 0.639. The van der Waals surface area contributed by atoms with E-state index >= 15 is 0 Å². The maximum Gasteiger partial charge on any atom is 0.246 e. The van der Waals surface area contributed by atoms with Crippen molar-refractivity contribution in [3.63, 3.8) is 0 Å². The molecule has 0 amide bonds. The molecule has 1 fully saturated rings. The Labute approximate surface area is 162 Å². The van der Waals surface area contributed by atoms with Gasteiger partial charge in [-0.15, -0.1) is 0 Å². The molecule has 2 atom stereocenters. The van der Waals surface area contributed by atoms with E-state index in [0.29, 0.717) is 48.4 Å². The first-order chi connectivity index (χ1) is 12.8. The third-order valence-corrected chi connectivity index (χ3v) is 7.47. The first-order valence-corrected chi connectivity index (χ1v) is 11.0. The standard InChI is InChI=1S/C20H30N4O2S/c1-14(2)11-24-16(4)20(15(3)22-24)27(25,26)23-12-18(10-21)19(13-23)17-8-6-5-7-9-17/h5-9,14,18-19H,10-13,21H2,1-4H3/t18-,19+/m1/s1. The fourth-order valence-electron chi connectivity index (χ4n) is 4.05. The molecule has 1 aromatic carbocycles. The number of rotatable bonds is 6. The van der Waals surface area contributed by atoms with Crippen molar-refractivity contribution in [2.45, 2.75) is 45.1 Å². The zero-order chi connectivity index (χ0) is 19.8. The summed E-state index contributed by atoms with van der Waals surface area (Å²) in [6, 6.07) is 10.1. The molecule has 0 aliphatic carbocycles. The van der Waals surface area contributed by atoms with Crippen molar-refractivity contribution in [2.75, 3.05) is 19.6 Å². The second kappa shape index (κ2) is 7.73. The molecule has 1 aromatic heterocycles. The van der Waals surface area contributed by atoms with Crippen LogP contribution in [0.5, 0.6) is 0 Å². The van der Waals surface area contributed by atoms with Gasteiger partial charge in [-0.3, -0.25) is 4.68 Å². The van der Waals surface area contributed by atoms with Gasteiger partial charge in [0.2, 0.25) is 10.0 Å². The van der Waals surface area contributed by atoms with Crippen LogP contribution in [0.4, 0.5) is 0 Å². The SMILES string of the molecule is Cc1nn(CC(C)C)c(C)c1S(=O)(=O)N1C[C@@H](CN)[C@H](c2ccccc2)C1. The predicted molar refractivity (Wildman–Crippen MR) is 107 cm³/mol. The van der Waals surface area contributed by atoms with Crippen molar-refractivity contribution in [1.29, 1.82) is 0 Å². The quantitative estimate of drug-likeness (QED) is 0.822. The third-order valence-electron chi connectivity index (χ3n) is 5.39. The average molecular weight is 391 g/mol. The topological polar surface area (TPSA) is 81.2 Å². The summed E-state index contributed by atoms with van der Waals surface area (Å²) < 4.78 is 30.3. The van der Waals surface area contributed by atoms with Gasteiger partial charge in [0.15, 0.2) is 0 Å². The lowest BCUT2D eigenvalue weighted by atomic mass is 9.89. The van der Waals surface area contributed by atoms with E-state index in [1.807, 2.05) is 29.8 Å². The Kier molecular flexibility index (Phi) is 5.74. The van der Waals surface area contributed by atoms with Gasteiger partial charge in [0.25, 0.3) is 0 Å². The molecule has 3 rings (SSSR count). The van der Waals surface area contributed by atoms with Crippen LogP contribution in [0.15, 0.2) is 35.2 Å². The van der Waals surface area contributed by atoms with Gasteiger partial charge in [-0.1, -0.05) is 44.2 Å².